The van der Waals surface area contributed by atoms with E-state index in [0.717, 1.165) is 0 Å². The summed E-state index contributed by atoms with van der Waals surface area (Å²) in [5, 5.41) is 13.9. The molecule has 28 heavy (non-hydrogen) atoms. The fourth-order valence-corrected chi connectivity index (χ4v) is 4.87. The first-order valence-corrected chi connectivity index (χ1v) is 10.8. The molecule has 1 amide bonds. The Bertz CT molecular complexity index is 1120. The number of carbonyl (C=O) groups is 1. The summed E-state index contributed by atoms with van der Waals surface area (Å²) in [6.07, 6.45) is 0. The van der Waals surface area contributed by atoms with E-state index >= 15 is 0 Å². The lowest BCUT2D eigenvalue weighted by Gasteiger charge is -2.23. The van der Waals surface area contributed by atoms with Gasteiger partial charge in [0, 0.05) is 12.1 Å². The molecule has 0 saturated carbocycles. The molecule has 0 radical (unpaired) electrons. The lowest BCUT2D eigenvalue weighted by Crippen LogP contribution is -2.30. The van der Waals surface area contributed by atoms with Crippen LogP contribution in [0.5, 0.6) is 0 Å². The van der Waals surface area contributed by atoms with Gasteiger partial charge in [-0.25, -0.2) is 8.42 Å². The molecule has 2 aromatic carbocycles. The second-order valence-corrected chi connectivity index (χ2v) is 8.54. The second kappa shape index (κ2) is 8.25. The number of nitrogens with one attached hydrogen (secondary N) is 1. The molecule has 0 saturated heterocycles. The molecule has 3 rings (SSSR count). The van der Waals surface area contributed by atoms with Crippen molar-refractivity contribution in [1.82, 2.24) is 0 Å². The van der Waals surface area contributed by atoms with Gasteiger partial charge in [-0.1, -0.05) is 18.2 Å². The number of rotatable bonds is 6. The highest BCUT2D eigenvalue weighted by molar-refractivity contribution is 7.92. The van der Waals surface area contributed by atoms with Crippen LogP contribution in [0.4, 0.5) is 10.7 Å². The van der Waals surface area contributed by atoms with Gasteiger partial charge in [-0.3, -0.25) is 9.10 Å². The Labute approximate surface area is 167 Å². The van der Waals surface area contributed by atoms with E-state index in [1.807, 2.05) is 12.1 Å². The Hall–Kier alpha value is -3.15. The molecule has 3 aromatic rings. The number of benzene rings is 2. The minimum absolute atomic E-state index is 0.101. The monoisotopic (exact) mass is 411 g/mol. The molecular weight excluding hydrogens is 394 g/mol. The van der Waals surface area contributed by atoms with E-state index in [0.29, 0.717) is 21.8 Å². The number of hydrogen-bond donors (Lipinski definition) is 1. The van der Waals surface area contributed by atoms with Crippen LogP contribution in [0.1, 0.15) is 22.8 Å². The van der Waals surface area contributed by atoms with E-state index in [4.69, 9.17) is 5.26 Å². The van der Waals surface area contributed by atoms with Crippen LogP contribution in [0.3, 0.4) is 0 Å². The summed E-state index contributed by atoms with van der Waals surface area (Å²) in [4.78, 5) is 12.5. The number of thiophene rings is 1. The number of hydrogen-bond acceptors (Lipinski definition) is 5. The summed E-state index contributed by atoms with van der Waals surface area (Å²) in [6.45, 7) is 2.05. The predicted octanol–water partition coefficient (Wildman–Crippen LogP) is 4.09. The van der Waals surface area contributed by atoms with E-state index in [-0.39, 0.29) is 11.4 Å². The van der Waals surface area contributed by atoms with Crippen molar-refractivity contribution in [3.63, 3.8) is 0 Å². The summed E-state index contributed by atoms with van der Waals surface area (Å²) in [5.74, 6) is -0.404. The number of nitrogens with zero attached hydrogens (tertiary/aromatic N) is 2. The molecule has 0 fully saturated rings. The molecule has 1 N–H and O–H groups in total. The molecule has 0 aliphatic heterocycles. The zero-order valence-electron chi connectivity index (χ0n) is 15.0. The minimum Gasteiger partial charge on any atom is -0.312 e. The van der Waals surface area contributed by atoms with Gasteiger partial charge >= 0.3 is 0 Å². The summed E-state index contributed by atoms with van der Waals surface area (Å²) in [7, 11) is -3.75. The maximum atomic E-state index is 13.0. The number of para-hydroxylation sites is 1. The van der Waals surface area contributed by atoms with Crippen LogP contribution in [-0.2, 0) is 10.0 Å². The lowest BCUT2D eigenvalue weighted by molar-refractivity contribution is 0.102. The van der Waals surface area contributed by atoms with Crippen LogP contribution in [0.15, 0.2) is 70.9 Å². The topological polar surface area (TPSA) is 90.3 Å². The highest BCUT2D eigenvalue weighted by Gasteiger charge is 2.23. The smallest absolute Gasteiger partial charge is 0.264 e. The fraction of sp³-hybridized carbons (Fsp3) is 0.100. The highest BCUT2D eigenvalue weighted by atomic mass is 32.2. The first kappa shape index (κ1) is 19.6. The van der Waals surface area contributed by atoms with E-state index in [1.54, 1.807) is 42.6 Å². The maximum Gasteiger partial charge on any atom is 0.264 e. The van der Waals surface area contributed by atoms with Crippen molar-refractivity contribution in [3.8, 4) is 6.07 Å². The predicted molar refractivity (Wildman–Crippen MR) is 110 cm³/mol. The van der Waals surface area contributed by atoms with Gasteiger partial charge in [0.1, 0.15) is 11.1 Å². The van der Waals surface area contributed by atoms with E-state index in [2.05, 4.69) is 5.32 Å². The van der Waals surface area contributed by atoms with Crippen molar-refractivity contribution in [1.29, 1.82) is 5.26 Å². The first-order valence-electron chi connectivity index (χ1n) is 8.44. The van der Waals surface area contributed by atoms with Gasteiger partial charge < -0.3 is 5.32 Å². The minimum atomic E-state index is -3.75. The zero-order valence-corrected chi connectivity index (χ0v) is 16.6. The normalized spacial score (nSPS) is 10.9. The van der Waals surface area contributed by atoms with E-state index in [1.165, 1.54) is 39.9 Å². The van der Waals surface area contributed by atoms with Crippen molar-refractivity contribution in [2.45, 2.75) is 11.8 Å². The summed E-state index contributed by atoms with van der Waals surface area (Å²) in [6, 6.07) is 18.2. The molecular formula is C20H17N3O3S2. The Balaban J connectivity index is 1.83. The van der Waals surface area contributed by atoms with Crippen LogP contribution >= 0.6 is 11.3 Å². The molecule has 8 heteroatoms. The van der Waals surface area contributed by atoms with Crippen LogP contribution < -0.4 is 9.62 Å². The Morgan fingerprint density at radius 1 is 1.11 bits per heavy atom. The van der Waals surface area contributed by atoms with Gasteiger partial charge in [0.05, 0.1) is 16.1 Å². The number of amides is 1. The van der Waals surface area contributed by atoms with Crippen molar-refractivity contribution in [2.24, 2.45) is 0 Å². The number of sulfonamides is 1. The summed E-state index contributed by atoms with van der Waals surface area (Å²) in [5.41, 5.74) is 1.27. The average Bonchev–Trinajstić information content (AvgIpc) is 3.16. The molecule has 0 bridgehead atoms. The van der Waals surface area contributed by atoms with Gasteiger partial charge in [-0.05, 0) is 54.8 Å². The van der Waals surface area contributed by atoms with Crippen molar-refractivity contribution in [2.75, 3.05) is 16.2 Å². The standard InChI is InChI=1S/C20H17N3O3S2/c1-2-23(17-6-4-3-5-7-17)28(25,26)18-10-8-15(9-11-18)19(24)22-20-16(14-21)12-13-27-20/h3-13H,2H2,1H3,(H,22,24). The van der Waals surface area contributed by atoms with Crippen LogP contribution in [-0.4, -0.2) is 20.9 Å². The third-order valence-electron chi connectivity index (χ3n) is 4.05. The van der Waals surface area contributed by atoms with Gasteiger partial charge in [-0.2, -0.15) is 5.26 Å². The van der Waals surface area contributed by atoms with Gasteiger partial charge in [0.25, 0.3) is 15.9 Å². The molecule has 0 unspecified atom stereocenters. The summed E-state index contributed by atoms with van der Waals surface area (Å²) >= 11 is 1.25. The number of carbonyl (C=O) groups excluding carboxylic acids is 1. The molecule has 6 nitrogen and oxygen atoms in total. The highest BCUT2D eigenvalue weighted by Crippen LogP contribution is 2.25. The van der Waals surface area contributed by atoms with E-state index in [9.17, 15) is 13.2 Å². The molecule has 0 aliphatic carbocycles. The lowest BCUT2D eigenvalue weighted by atomic mass is 10.2. The summed E-state index contributed by atoms with van der Waals surface area (Å²) < 4.78 is 27.3. The third kappa shape index (κ3) is 3.91. The van der Waals surface area contributed by atoms with Gasteiger partial charge in [0.15, 0.2) is 0 Å². The largest absolute Gasteiger partial charge is 0.312 e. The quantitative estimate of drug-likeness (QED) is 0.661. The van der Waals surface area contributed by atoms with Crippen molar-refractivity contribution < 1.29 is 13.2 Å². The Morgan fingerprint density at radius 3 is 2.39 bits per heavy atom. The third-order valence-corrected chi connectivity index (χ3v) is 6.80. The molecule has 1 aromatic heterocycles. The molecule has 142 valence electrons. The zero-order chi connectivity index (χ0) is 20.1. The van der Waals surface area contributed by atoms with Crippen LogP contribution in [0.2, 0.25) is 0 Å². The van der Waals surface area contributed by atoms with Crippen LogP contribution in [0.25, 0.3) is 0 Å². The Morgan fingerprint density at radius 2 is 1.79 bits per heavy atom. The molecule has 0 atom stereocenters. The van der Waals surface area contributed by atoms with Gasteiger partial charge in [0.2, 0.25) is 0 Å². The van der Waals surface area contributed by atoms with Crippen LogP contribution in [0, 0.1) is 11.3 Å². The van der Waals surface area contributed by atoms with Gasteiger partial charge in [-0.15, -0.1) is 11.3 Å². The number of anilines is 2. The number of nitriles is 1. The maximum absolute atomic E-state index is 13.0. The fourth-order valence-electron chi connectivity index (χ4n) is 2.66. The van der Waals surface area contributed by atoms with Crippen molar-refractivity contribution >= 4 is 38.0 Å². The second-order valence-electron chi connectivity index (χ2n) is 5.76. The molecule has 0 aliphatic rings. The van der Waals surface area contributed by atoms with Crippen molar-refractivity contribution in [3.05, 3.63) is 77.2 Å². The first-order chi connectivity index (χ1) is 13.5. The Kier molecular flexibility index (Phi) is 5.78. The molecule has 0 spiro atoms. The average molecular weight is 412 g/mol. The molecule has 1 heterocycles. The van der Waals surface area contributed by atoms with E-state index < -0.39 is 15.9 Å². The SMILES string of the molecule is CCN(c1ccccc1)S(=O)(=O)c1ccc(C(=O)Nc2sccc2C#N)cc1.